The Morgan fingerprint density at radius 3 is 2.64 bits per heavy atom. The van der Waals surface area contributed by atoms with Gasteiger partial charge in [-0.1, -0.05) is 13.0 Å². The summed E-state index contributed by atoms with van der Waals surface area (Å²) in [5, 5.41) is 0. The number of H-pyrrole nitrogens is 1. The fourth-order valence-corrected chi connectivity index (χ4v) is 4.05. The molecule has 2 fully saturated rings. The Morgan fingerprint density at radius 1 is 1.25 bits per heavy atom. The molecule has 1 aromatic heterocycles. The molecule has 1 aromatic carbocycles. The third-order valence-corrected chi connectivity index (χ3v) is 6.49. The van der Waals surface area contributed by atoms with Crippen LogP contribution < -0.4 is 5.46 Å². The minimum atomic E-state index is -0.394. The molecule has 1 amide bonds. The van der Waals surface area contributed by atoms with Gasteiger partial charge in [0.25, 0.3) is 0 Å². The highest BCUT2D eigenvalue weighted by Gasteiger charge is 2.51. The van der Waals surface area contributed by atoms with E-state index >= 15 is 0 Å². The molecule has 1 unspecified atom stereocenters. The molecule has 7 heteroatoms. The average Bonchev–Trinajstić information content (AvgIpc) is 3.18. The van der Waals surface area contributed by atoms with Crippen molar-refractivity contribution in [2.24, 2.45) is 0 Å². The number of likely N-dealkylation sites (tertiary alicyclic amines) is 1. The van der Waals surface area contributed by atoms with Crippen LogP contribution in [0.15, 0.2) is 18.2 Å². The molecular weight excluding hydrogens is 353 g/mol. The van der Waals surface area contributed by atoms with Crippen LogP contribution in [-0.2, 0) is 14.1 Å². The first-order valence-corrected chi connectivity index (χ1v) is 10.4. The van der Waals surface area contributed by atoms with Gasteiger partial charge in [-0.3, -0.25) is 4.79 Å². The van der Waals surface area contributed by atoms with Crippen molar-refractivity contribution in [1.29, 1.82) is 0 Å². The minimum Gasteiger partial charge on any atom is -0.399 e. The van der Waals surface area contributed by atoms with E-state index in [2.05, 4.69) is 38.7 Å². The highest BCUT2D eigenvalue weighted by Crippen LogP contribution is 2.37. The van der Waals surface area contributed by atoms with E-state index in [9.17, 15) is 4.79 Å². The number of carbonyl (C=O) groups is 1. The molecule has 2 aromatic rings. The van der Waals surface area contributed by atoms with Crippen LogP contribution >= 0.6 is 0 Å². The first-order valence-electron chi connectivity index (χ1n) is 10.4. The van der Waals surface area contributed by atoms with Crippen LogP contribution in [0.1, 0.15) is 72.2 Å². The van der Waals surface area contributed by atoms with Crippen molar-refractivity contribution in [2.75, 3.05) is 6.54 Å². The number of hydrogen-bond donors (Lipinski definition) is 1. The number of benzene rings is 1. The van der Waals surface area contributed by atoms with Crippen molar-refractivity contribution >= 4 is 29.5 Å². The molecule has 3 heterocycles. The summed E-state index contributed by atoms with van der Waals surface area (Å²) in [6.45, 7) is 11.0. The maximum Gasteiger partial charge on any atom is 0.494 e. The second-order valence-corrected chi connectivity index (χ2v) is 8.94. The maximum absolute atomic E-state index is 12.4. The van der Waals surface area contributed by atoms with E-state index in [1.165, 1.54) is 0 Å². The van der Waals surface area contributed by atoms with Crippen LogP contribution in [0, 0.1) is 0 Å². The topological polar surface area (TPSA) is 67.5 Å². The largest absolute Gasteiger partial charge is 0.494 e. The number of rotatable bonds is 3. The number of aromatic nitrogens is 2. The summed E-state index contributed by atoms with van der Waals surface area (Å²) in [6.07, 6.45) is 3.67. The van der Waals surface area contributed by atoms with Gasteiger partial charge in [-0.15, -0.1) is 0 Å². The highest BCUT2D eigenvalue weighted by molar-refractivity contribution is 6.62. The highest BCUT2D eigenvalue weighted by atomic mass is 16.7. The summed E-state index contributed by atoms with van der Waals surface area (Å²) >= 11 is 0. The summed E-state index contributed by atoms with van der Waals surface area (Å²) in [5.74, 6) is 1.07. The smallest absolute Gasteiger partial charge is 0.399 e. The third kappa shape index (κ3) is 3.24. The zero-order valence-electron chi connectivity index (χ0n) is 17.5. The van der Waals surface area contributed by atoms with Crippen molar-refractivity contribution in [2.45, 2.75) is 77.5 Å². The number of piperidine rings is 1. The van der Waals surface area contributed by atoms with Crippen LogP contribution in [0.2, 0.25) is 0 Å². The van der Waals surface area contributed by atoms with Gasteiger partial charge in [0.15, 0.2) is 0 Å². The molecule has 28 heavy (non-hydrogen) atoms. The predicted molar refractivity (Wildman–Crippen MR) is 110 cm³/mol. The van der Waals surface area contributed by atoms with E-state index in [1.807, 2.05) is 24.0 Å². The molecular formula is C21H30BN3O3. The molecule has 0 aliphatic carbocycles. The van der Waals surface area contributed by atoms with E-state index < -0.39 is 7.12 Å². The lowest BCUT2D eigenvalue weighted by atomic mass is 9.79. The average molecular weight is 383 g/mol. The van der Waals surface area contributed by atoms with Gasteiger partial charge >= 0.3 is 7.12 Å². The standard InChI is InChI=1S/C21H30BN3O3/c1-6-18(26)25-12-8-7-9-17(25)19-23-15-11-10-14(13-16(15)24-19)22-27-20(2,3)21(4,5)28-22/h10-11,13,17H,6-9,12H2,1-5H3,(H,23,24). The number of amides is 1. The number of aromatic amines is 1. The molecule has 0 saturated carbocycles. The predicted octanol–water partition coefficient (Wildman–Crippen LogP) is 3.33. The number of imidazole rings is 1. The Hall–Kier alpha value is -1.86. The van der Waals surface area contributed by atoms with Gasteiger partial charge in [0.2, 0.25) is 5.91 Å². The molecule has 2 aliphatic rings. The molecule has 2 saturated heterocycles. The van der Waals surface area contributed by atoms with Crippen molar-refractivity contribution < 1.29 is 14.1 Å². The monoisotopic (exact) mass is 383 g/mol. The fourth-order valence-electron chi connectivity index (χ4n) is 4.05. The molecule has 2 aliphatic heterocycles. The van der Waals surface area contributed by atoms with Gasteiger partial charge in [-0.25, -0.2) is 4.98 Å². The fraction of sp³-hybridized carbons (Fsp3) is 0.619. The van der Waals surface area contributed by atoms with Gasteiger partial charge in [0, 0.05) is 13.0 Å². The number of carbonyl (C=O) groups excluding carboxylic acids is 1. The number of fused-ring (bicyclic) bond motifs is 1. The van der Waals surface area contributed by atoms with Crippen molar-refractivity contribution in [3.63, 3.8) is 0 Å². The van der Waals surface area contributed by atoms with Crippen molar-refractivity contribution in [3.8, 4) is 0 Å². The van der Waals surface area contributed by atoms with E-state index in [-0.39, 0.29) is 23.2 Å². The molecule has 4 rings (SSSR count). The molecule has 1 atom stereocenters. The maximum atomic E-state index is 12.4. The minimum absolute atomic E-state index is 0.0360. The molecule has 6 nitrogen and oxygen atoms in total. The molecule has 150 valence electrons. The lowest BCUT2D eigenvalue weighted by Gasteiger charge is -2.34. The normalized spacial score (nSPS) is 24.1. The molecule has 1 N–H and O–H groups in total. The summed E-state index contributed by atoms with van der Waals surface area (Å²) in [7, 11) is -0.394. The Kier molecular flexibility index (Phi) is 4.78. The van der Waals surface area contributed by atoms with Gasteiger partial charge in [0.05, 0.1) is 28.3 Å². The first-order chi connectivity index (χ1) is 13.2. The SMILES string of the molecule is CCC(=O)N1CCCCC1c1nc2ccc(B3OC(C)(C)C(C)(C)O3)cc2[nH]1. The lowest BCUT2D eigenvalue weighted by molar-refractivity contribution is -0.134. The molecule has 0 radical (unpaired) electrons. The van der Waals surface area contributed by atoms with Crippen molar-refractivity contribution in [3.05, 3.63) is 24.0 Å². The summed E-state index contributed by atoms with van der Waals surface area (Å²) in [6, 6.07) is 6.12. The summed E-state index contributed by atoms with van der Waals surface area (Å²) in [4.78, 5) is 22.6. The lowest BCUT2D eigenvalue weighted by Crippen LogP contribution is -2.41. The Bertz CT molecular complexity index is 876. The quantitative estimate of drug-likeness (QED) is 0.826. The first kappa shape index (κ1) is 19.5. The van der Waals surface area contributed by atoms with Gasteiger partial charge in [0.1, 0.15) is 5.82 Å². The summed E-state index contributed by atoms with van der Waals surface area (Å²) < 4.78 is 12.4. The van der Waals surface area contributed by atoms with E-state index in [4.69, 9.17) is 14.3 Å². The van der Waals surface area contributed by atoms with Gasteiger partial charge < -0.3 is 19.2 Å². The Balaban J connectivity index is 1.63. The molecule has 0 spiro atoms. The van der Waals surface area contributed by atoms with E-state index in [0.717, 1.165) is 48.1 Å². The van der Waals surface area contributed by atoms with E-state index in [1.54, 1.807) is 0 Å². The second-order valence-electron chi connectivity index (χ2n) is 8.94. The second kappa shape index (κ2) is 6.88. The van der Waals surface area contributed by atoms with Crippen LogP contribution in [0.3, 0.4) is 0 Å². The Labute approximate surface area is 167 Å². The summed E-state index contributed by atoms with van der Waals surface area (Å²) in [5.41, 5.74) is 2.11. The number of hydrogen-bond acceptors (Lipinski definition) is 4. The van der Waals surface area contributed by atoms with Crippen LogP contribution in [0.4, 0.5) is 0 Å². The van der Waals surface area contributed by atoms with Crippen LogP contribution in [0.5, 0.6) is 0 Å². The number of nitrogens with one attached hydrogen (secondary N) is 1. The molecule has 0 bridgehead atoms. The van der Waals surface area contributed by atoms with Crippen LogP contribution in [-0.4, -0.2) is 45.6 Å². The van der Waals surface area contributed by atoms with Crippen LogP contribution in [0.25, 0.3) is 11.0 Å². The van der Waals surface area contributed by atoms with Gasteiger partial charge in [-0.05, 0) is 64.6 Å². The number of nitrogens with zero attached hydrogens (tertiary/aromatic N) is 2. The third-order valence-electron chi connectivity index (χ3n) is 6.49. The Morgan fingerprint density at radius 2 is 1.96 bits per heavy atom. The van der Waals surface area contributed by atoms with E-state index in [0.29, 0.717) is 6.42 Å². The zero-order valence-corrected chi connectivity index (χ0v) is 17.5. The van der Waals surface area contributed by atoms with Crippen molar-refractivity contribution in [1.82, 2.24) is 14.9 Å². The zero-order chi connectivity index (χ0) is 20.1. The van der Waals surface area contributed by atoms with Gasteiger partial charge in [-0.2, -0.15) is 0 Å².